The molecular formula is C15H32N2O3S. The van der Waals surface area contributed by atoms with Crippen LogP contribution in [0.15, 0.2) is 0 Å². The Morgan fingerprint density at radius 1 is 1.43 bits per heavy atom. The fourth-order valence-electron chi connectivity index (χ4n) is 3.03. The van der Waals surface area contributed by atoms with Gasteiger partial charge in [-0.2, -0.15) is 0 Å². The average Bonchev–Trinajstić information content (AvgIpc) is 2.44. The zero-order chi connectivity index (χ0) is 15.9. The van der Waals surface area contributed by atoms with E-state index in [0.29, 0.717) is 25.0 Å². The molecule has 6 heteroatoms. The van der Waals surface area contributed by atoms with E-state index in [1.54, 1.807) is 11.4 Å². The molecule has 21 heavy (non-hydrogen) atoms. The first-order chi connectivity index (χ1) is 9.86. The molecule has 1 aliphatic heterocycles. The topological polar surface area (TPSA) is 58.6 Å². The van der Waals surface area contributed by atoms with Crippen molar-refractivity contribution in [3.63, 3.8) is 0 Å². The molecule has 0 aromatic rings. The molecule has 0 aromatic heterocycles. The summed E-state index contributed by atoms with van der Waals surface area (Å²) in [4.78, 5) is 0. The van der Waals surface area contributed by atoms with Gasteiger partial charge in [0.2, 0.25) is 10.0 Å². The van der Waals surface area contributed by atoms with Gasteiger partial charge in [0.15, 0.2) is 0 Å². The third-order valence-corrected chi connectivity index (χ3v) is 5.54. The maximum Gasteiger partial charge on any atom is 0.211 e. The van der Waals surface area contributed by atoms with Crippen LogP contribution in [0.25, 0.3) is 0 Å². The summed E-state index contributed by atoms with van der Waals surface area (Å²) in [7, 11) is -1.31. The third kappa shape index (κ3) is 7.08. The monoisotopic (exact) mass is 320 g/mol. The number of sulfonamides is 1. The second-order valence-electron chi connectivity index (χ2n) is 6.30. The summed E-state index contributed by atoms with van der Waals surface area (Å²) in [6.45, 7) is 6.60. The molecule has 3 unspecified atom stereocenters. The average molecular weight is 320 g/mol. The van der Waals surface area contributed by atoms with Crippen LogP contribution < -0.4 is 5.32 Å². The lowest BCUT2D eigenvalue weighted by Crippen LogP contribution is -2.42. The molecule has 0 spiro atoms. The van der Waals surface area contributed by atoms with Crippen LogP contribution in [-0.2, 0) is 14.8 Å². The molecule has 1 rings (SSSR count). The highest BCUT2D eigenvalue weighted by Crippen LogP contribution is 2.24. The Balaban J connectivity index is 2.56. The van der Waals surface area contributed by atoms with E-state index in [4.69, 9.17) is 4.74 Å². The summed E-state index contributed by atoms with van der Waals surface area (Å²) < 4.78 is 30.4. The Hall–Kier alpha value is -0.170. The van der Waals surface area contributed by atoms with E-state index in [9.17, 15) is 8.42 Å². The Morgan fingerprint density at radius 3 is 2.71 bits per heavy atom. The number of nitrogens with zero attached hydrogens (tertiary/aromatic N) is 1. The quantitative estimate of drug-likeness (QED) is 0.704. The van der Waals surface area contributed by atoms with Crippen LogP contribution >= 0.6 is 0 Å². The van der Waals surface area contributed by atoms with E-state index in [1.807, 2.05) is 0 Å². The van der Waals surface area contributed by atoms with Crippen LogP contribution in [-0.4, -0.2) is 57.9 Å². The predicted octanol–water partition coefficient (Wildman–Crippen LogP) is 1.84. The first kappa shape index (κ1) is 18.9. The summed E-state index contributed by atoms with van der Waals surface area (Å²) in [5, 5.41) is 3.59. The van der Waals surface area contributed by atoms with Gasteiger partial charge in [0.1, 0.15) is 0 Å². The molecule has 1 aliphatic rings. The lowest BCUT2D eigenvalue weighted by molar-refractivity contribution is 0.0946. The highest BCUT2D eigenvalue weighted by molar-refractivity contribution is 7.88. The Morgan fingerprint density at radius 2 is 2.14 bits per heavy atom. The molecule has 0 aromatic carbocycles. The van der Waals surface area contributed by atoms with Crippen LogP contribution in [0.3, 0.4) is 0 Å². The first-order valence-electron chi connectivity index (χ1n) is 8.08. The van der Waals surface area contributed by atoms with Crippen LogP contribution in [0.1, 0.15) is 46.0 Å². The van der Waals surface area contributed by atoms with Crippen molar-refractivity contribution in [1.82, 2.24) is 9.62 Å². The van der Waals surface area contributed by atoms with E-state index < -0.39 is 10.0 Å². The lowest BCUT2D eigenvalue weighted by Gasteiger charge is -2.33. The molecule has 0 amide bonds. The number of hydrogen-bond donors (Lipinski definition) is 1. The summed E-state index contributed by atoms with van der Waals surface area (Å²) >= 11 is 0. The molecule has 0 aliphatic carbocycles. The zero-order valence-electron chi connectivity index (χ0n) is 14.0. The highest BCUT2D eigenvalue weighted by Gasteiger charge is 2.28. The van der Waals surface area contributed by atoms with Crippen LogP contribution in [0.4, 0.5) is 0 Å². The fourth-order valence-corrected chi connectivity index (χ4v) is 3.97. The van der Waals surface area contributed by atoms with Gasteiger partial charge in [-0.3, -0.25) is 0 Å². The van der Waals surface area contributed by atoms with Gasteiger partial charge >= 0.3 is 0 Å². The van der Waals surface area contributed by atoms with Gasteiger partial charge in [-0.15, -0.1) is 0 Å². The smallest absolute Gasteiger partial charge is 0.211 e. The molecule has 1 saturated heterocycles. The molecule has 3 atom stereocenters. The zero-order valence-corrected chi connectivity index (χ0v) is 14.8. The van der Waals surface area contributed by atoms with E-state index >= 15 is 0 Å². The van der Waals surface area contributed by atoms with Gasteiger partial charge in [0.25, 0.3) is 0 Å². The van der Waals surface area contributed by atoms with Gasteiger partial charge < -0.3 is 10.1 Å². The minimum atomic E-state index is -3.05. The SMILES string of the molecule is CCCNC(CC1CCCN(S(C)(=O)=O)C1)CC(C)OC. The maximum atomic E-state index is 11.7. The summed E-state index contributed by atoms with van der Waals surface area (Å²) in [5.74, 6) is 0.451. The van der Waals surface area contributed by atoms with Crippen molar-refractivity contribution < 1.29 is 13.2 Å². The molecule has 5 nitrogen and oxygen atoms in total. The van der Waals surface area contributed by atoms with Crippen molar-refractivity contribution in [3.8, 4) is 0 Å². The highest BCUT2D eigenvalue weighted by atomic mass is 32.2. The second kappa shape index (κ2) is 9.08. The van der Waals surface area contributed by atoms with Crippen molar-refractivity contribution in [2.24, 2.45) is 5.92 Å². The van der Waals surface area contributed by atoms with Crippen molar-refractivity contribution >= 4 is 10.0 Å². The van der Waals surface area contributed by atoms with Crippen molar-refractivity contribution in [2.45, 2.75) is 58.1 Å². The number of hydrogen-bond acceptors (Lipinski definition) is 4. The Bertz CT molecular complexity index is 386. The number of ether oxygens (including phenoxy) is 1. The van der Waals surface area contributed by atoms with Crippen molar-refractivity contribution in [3.05, 3.63) is 0 Å². The van der Waals surface area contributed by atoms with Gasteiger partial charge in [0.05, 0.1) is 12.4 Å². The number of methoxy groups -OCH3 is 1. The van der Waals surface area contributed by atoms with Gasteiger partial charge in [-0.05, 0) is 51.5 Å². The number of nitrogens with one attached hydrogen (secondary N) is 1. The minimum Gasteiger partial charge on any atom is -0.382 e. The molecular weight excluding hydrogens is 288 g/mol. The van der Waals surface area contributed by atoms with E-state index in [1.165, 1.54) is 6.26 Å². The first-order valence-corrected chi connectivity index (χ1v) is 9.93. The van der Waals surface area contributed by atoms with E-state index in [2.05, 4.69) is 19.2 Å². The molecule has 1 heterocycles. The van der Waals surface area contributed by atoms with Gasteiger partial charge in [-0.25, -0.2) is 12.7 Å². The van der Waals surface area contributed by atoms with Crippen LogP contribution in [0, 0.1) is 5.92 Å². The van der Waals surface area contributed by atoms with Crippen molar-refractivity contribution in [2.75, 3.05) is 33.0 Å². The van der Waals surface area contributed by atoms with E-state index in [0.717, 1.165) is 38.6 Å². The molecule has 0 saturated carbocycles. The molecule has 126 valence electrons. The molecule has 0 radical (unpaired) electrons. The third-order valence-electron chi connectivity index (χ3n) is 4.27. The summed E-state index contributed by atoms with van der Waals surface area (Å²) in [6.07, 6.45) is 6.75. The number of rotatable bonds is 9. The summed E-state index contributed by atoms with van der Waals surface area (Å²) in [5.41, 5.74) is 0. The predicted molar refractivity (Wildman–Crippen MR) is 86.9 cm³/mol. The van der Waals surface area contributed by atoms with Gasteiger partial charge in [-0.1, -0.05) is 6.92 Å². The normalized spacial score (nSPS) is 23.9. The number of piperidine rings is 1. The second-order valence-corrected chi connectivity index (χ2v) is 8.28. The maximum absolute atomic E-state index is 11.7. The molecule has 0 bridgehead atoms. The minimum absolute atomic E-state index is 0.231. The van der Waals surface area contributed by atoms with Crippen LogP contribution in [0.5, 0.6) is 0 Å². The standard InChI is InChI=1S/C15H32N2O3S/c1-5-8-16-15(10-13(2)20-3)11-14-7-6-9-17(12-14)21(4,18)19/h13-16H,5-12H2,1-4H3. The fraction of sp³-hybridized carbons (Fsp3) is 1.00. The largest absolute Gasteiger partial charge is 0.382 e. The van der Waals surface area contributed by atoms with E-state index in [-0.39, 0.29) is 6.10 Å². The Kier molecular flexibility index (Phi) is 8.16. The van der Waals surface area contributed by atoms with Gasteiger partial charge in [0, 0.05) is 26.2 Å². The van der Waals surface area contributed by atoms with Crippen molar-refractivity contribution in [1.29, 1.82) is 0 Å². The molecule has 1 N–H and O–H groups in total. The van der Waals surface area contributed by atoms with Crippen LogP contribution in [0.2, 0.25) is 0 Å². The lowest BCUT2D eigenvalue weighted by atomic mass is 9.90. The summed E-state index contributed by atoms with van der Waals surface area (Å²) in [6, 6.07) is 0.407. The molecule has 1 fully saturated rings. The Labute approximate surface area is 130 Å².